The van der Waals surface area contributed by atoms with Gasteiger partial charge in [0, 0.05) is 6.07 Å². The summed E-state index contributed by atoms with van der Waals surface area (Å²) in [6, 6.07) is 7.58. The van der Waals surface area contributed by atoms with Gasteiger partial charge in [0.25, 0.3) is 5.69 Å². The van der Waals surface area contributed by atoms with Gasteiger partial charge in [-0.15, -0.1) is 0 Å². The fraction of sp³-hybridized carbons (Fsp3) is 0.333. The van der Waals surface area contributed by atoms with E-state index in [1.807, 2.05) is 6.07 Å². The molecule has 0 amide bonds. The number of rotatable bonds is 4. The van der Waals surface area contributed by atoms with Crippen LogP contribution >= 0.6 is 0 Å². The molecule has 0 aromatic heterocycles. The Kier molecular flexibility index (Phi) is 3.94. The number of nitro groups is 1. The van der Waals surface area contributed by atoms with E-state index >= 15 is 0 Å². The predicted octanol–water partition coefficient (Wildman–Crippen LogP) is 2.57. The highest BCUT2D eigenvalue weighted by molar-refractivity contribution is 6.02. The van der Waals surface area contributed by atoms with Crippen LogP contribution in [0.1, 0.15) is 24.2 Å². The number of carbonyl (C=O) groups is 1. The van der Waals surface area contributed by atoms with E-state index in [-0.39, 0.29) is 17.2 Å². The minimum absolute atomic E-state index is 0.00208. The first-order chi connectivity index (χ1) is 7.99. The van der Waals surface area contributed by atoms with Crippen molar-refractivity contribution in [1.29, 1.82) is 5.26 Å². The van der Waals surface area contributed by atoms with Crippen molar-refractivity contribution in [1.82, 2.24) is 0 Å². The lowest BCUT2D eigenvalue weighted by molar-refractivity contribution is -0.385. The van der Waals surface area contributed by atoms with Crippen molar-refractivity contribution in [3.63, 3.8) is 0 Å². The fourth-order valence-electron chi connectivity index (χ4n) is 1.52. The van der Waals surface area contributed by atoms with Crippen LogP contribution in [0.2, 0.25) is 0 Å². The van der Waals surface area contributed by atoms with Crippen LogP contribution in [-0.2, 0) is 0 Å². The summed E-state index contributed by atoms with van der Waals surface area (Å²) < 4.78 is 0. The van der Waals surface area contributed by atoms with Gasteiger partial charge in [-0.05, 0) is 12.0 Å². The lowest BCUT2D eigenvalue weighted by Gasteiger charge is -2.11. The first-order valence-electron chi connectivity index (χ1n) is 5.16. The highest BCUT2D eigenvalue weighted by atomic mass is 16.6. The molecule has 17 heavy (non-hydrogen) atoms. The van der Waals surface area contributed by atoms with E-state index in [9.17, 15) is 14.9 Å². The van der Waals surface area contributed by atoms with Crippen molar-refractivity contribution < 1.29 is 9.72 Å². The lowest BCUT2D eigenvalue weighted by atomic mass is 9.88. The molecule has 0 aliphatic carbocycles. The van der Waals surface area contributed by atoms with Crippen LogP contribution in [0.25, 0.3) is 0 Å². The molecule has 0 saturated carbocycles. The first-order valence-corrected chi connectivity index (χ1v) is 5.16. The zero-order valence-corrected chi connectivity index (χ0v) is 9.58. The number of carbonyl (C=O) groups excluding carboxylic acids is 1. The summed E-state index contributed by atoms with van der Waals surface area (Å²) in [6.45, 7) is 3.47. The molecular formula is C12H12N2O3. The molecular weight excluding hydrogens is 220 g/mol. The molecule has 0 spiro atoms. The Hall–Kier alpha value is -2.22. The van der Waals surface area contributed by atoms with Gasteiger partial charge in [0.05, 0.1) is 16.6 Å². The second-order valence-electron chi connectivity index (χ2n) is 3.99. The van der Waals surface area contributed by atoms with Crippen molar-refractivity contribution in [3.8, 4) is 6.07 Å². The molecule has 0 bridgehead atoms. The Labute approximate surface area is 98.8 Å². The van der Waals surface area contributed by atoms with Crippen LogP contribution in [0.15, 0.2) is 24.3 Å². The van der Waals surface area contributed by atoms with E-state index < -0.39 is 16.6 Å². The smallest absolute Gasteiger partial charge is 0.280 e. The maximum Gasteiger partial charge on any atom is 0.280 e. The SMILES string of the molecule is CC(C)C(C#N)C(=O)c1ccccc1[N+](=O)[O-]. The molecule has 5 nitrogen and oxygen atoms in total. The number of nitro benzene ring substituents is 1. The van der Waals surface area contributed by atoms with E-state index in [1.165, 1.54) is 18.2 Å². The Bertz CT molecular complexity index is 489. The summed E-state index contributed by atoms with van der Waals surface area (Å²) in [7, 11) is 0. The Morgan fingerprint density at radius 1 is 1.41 bits per heavy atom. The number of Topliss-reactive ketones (excluding diaryl/α,β-unsaturated/α-hetero) is 1. The number of para-hydroxylation sites is 1. The predicted molar refractivity (Wildman–Crippen MR) is 61.4 cm³/mol. The Morgan fingerprint density at radius 2 is 2.00 bits per heavy atom. The first kappa shape index (κ1) is 12.8. The molecule has 0 N–H and O–H groups in total. The zero-order chi connectivity index (χ0) is 13.0. The molecule has 1 rings (SSSR count). The normalized spacial score (nSPS) is 11.9. The van der Waals surface area contributed by atoms with Gasteiger partial charge in [0.2, 0.25) is 0 Å². The number of nitriles is 1. The van der Waals surface area contributed by atoms with Gasteiger partial charge >= 0.3 is 0 Å². The van der Waals surface area contributed by atoms with E-state index in [4.69, 9.17) is 5.26 Å². The van der Waals surface area contributed by atoms with Crippen LogP contribution in [0.3, 0.4) is 0 Å². The summed E-state index contributed by atoms with van der Waals surface area (Å²) in [5.74, 6) is -1.52. The number of benzene rings is 1. The van der Waals surface area contributed by atoms with Crippen LogP contribution in [-0.4, -0.2) is 10.7 Å². The quantitative estimate of drug-likeness (QED) is 0.453. The summed E-state index contributed by atoms with van der Waals surface area (Å²) in [6.07, 6.45) is 0. The molecule has 1 aromatic carbocycles. The number of ketones is 1. The molecule has 0 saturated heterocycles. The third-order valence-electron chi connectivity index (χ3n) is 2.45. The van der Waals surface area contributed by atoms with E-state index in [0.29, 0.717) is 0 Å². The zero-order valence-electron chi connectivity index (χ0n) is 9.58. The largest absolute Gasteiger partial charge is 0.292 e. The molecule has 0 aliphatic rings. The summed E-state index contributed by atoms with van der Waals surface area (Å²) in [4.78, 5) is 22.2. The van der Waals surface area contributed by atoms with Gasteiger partial charge in [-0.1, -0.05) is 26.0 Å². The van der Waals surface area contributed by atoms with E-state index in [1.54, 1.807) is 19.9 Å². The fourth-order valence-corrected chi connectivity index (χ4v) is 1.52. The monoisotopic (exact) mass is 232 g/mol. The van der Waals surface area contributed by atoms with Crippen molar-refractivity contribution in [3.05, 3.63) is 39.9 Å². The summed E-state index contributed by atoms with van der Waals surface area (Å²) in [5, 5.41) is 19.7. The maximum absolute atomic E-state index is 12.0. The lowest BCUT2D eigenvalue weighted by Crippen LogP contribution is -2.19. The second kappa shape index (κ2) is 5.21. The van der Waals surface area contributed by atoms with Gasteiger partial charge in [0.15, 0.2) is 5.78 Å². The number of hydrogen-bond acceptors (Lipinski definition) is 4. The van der Waals surface area contributed by atoms with Crippen LogP contribution < -0.4 is 0 Å². The van der Waals surface area contributed by atoms with Crippen molar-refractivity contribution >= 4 is 11.5 Å². The molecule has 88 valence electrons. The highest BCUT2D eigenvalue weighted by Gasteiger charge is 2.28. The van der Waals surface area contributed by atoms with Gasteiger partial charge in [-0.2, -0.15) is 5.26 Å². The molecule has 1 atom stereocenters. The third-order valence-corrected chi connectivity index (χ3v) is 2.45. The Morgan fingerprint density at radius 3 is 2.47 bits per heavy atom. The van der Waals surface area contributed by atoms with Gasteiger partial charge in [-0.25, -0.2) is 0 Å². The molecule has 1 aromatic rings. The molecule has 0 fully saturated rings. The van der Waals surface area contributed by atoms with E-state index in [0.717, 1.165) is 0 Å². The van der Waals surface area contributed by atoms with Crippen LogP contribution in [0.4, 0.5) is 5.69 Å². The highest BCUT2D eigenvalue weighted by Crippen LogP contribution is 2.24. The summed E-state index contributed by atoms with van der Waals surface area (Å²) >= 11 is 0. The summed E-state index contributed by atoms with van der Waals surface area (Å²) in [5.41, 5.74) is -0.254. The third kappa shape index (κ3) is 2.67. The Balaban J connectivity index is 3.21. The molecule has 5 heteroatoms. The molecule has 0 heterocycles. The molecule has 1 unspecified atom stereocenters. The maximum atomic E-state index is 12.0. The van der Waals surface area contributed by atoms with Gasteiger partial charge in [-0.3, -0.25) is 14.9 Å². The number of hydrogen-bond donors (Lipinski definition) is 0. The topological polar surface area (TPSA) is 84.0 Å². The van der Waals surface area contributed by atoms with Gasteiger partial charge < -0.3 is 0 Å². The second-order valence-corrected chi connectivity index (χ2v) is 3.99. The van der Waals surface area contributed by atoms with Gasteiger partial charge in [0.1, 0.15) is 5.92 Å². The average Bonchev–Trinajstić information content (AvgIpc) is 2.29. The number of nitrogens with zero attached hydrogens (tertiary/aromatic N) is 2. The van der Waals surface area contributed by atoms with Crippen molar-refractivity contribution in [2.24, 2.45) is 11.8 Å². The standard InChI is InChI=1S/C12H12N2O3/c1-8(2)10(7-13)12(15)9-5-3-4-6-11(9)14(16)17/h3-6,8,10H,1-2H3. The minimum atomic E-state index is -0.851. The van der Waals surface area contributed by atoms with Crippen LogP contribution in [0.5, 0.6) is 0 Å². The van der Waals surface area contributed by atoms with E-state index in [2.05, 4.69) is 0 Å². The van der Waals surface area contributed by atoms with Crippen LogP contribution in [0, 0.1) is 33.3 Å². The molecule has 0 radical (unpaired) electrons. The van der Waals surface area contributed by atoms with Crippen molar-refractivity contribution in [2.45, 2.75) is 13.8 Å². The van der Waals surface area contributed by atoms with Crippen molar-refractivity contribution in [2.75, 3.05) is 0 Å². The average molecular weight is 232 g/mol. The molecule has 0 aliphatic heterocycles. The minimum Gasteiger partial charge on any atom is -0.292 e.